The highest BCUT2D eigenvalue weighted by Crippen LogP contribution is 2.57. The molecular formula is C35H44Cl2N5O2S+. The molecule has 4 aliphatic rings. The first-order valence-corrected chi connectivity index (χ1v) is 17.7. The predicted molar refractivity (Wildman–Crippen MR) is 184 cm³/mol. The molecule has 0 aromatic heterocycles. The van der Waals surface area contributed by atoms with Crippen molar-refractivity contribution in [3.05, 3.63) is 80.3 Å². The molecule has 1 N–H and O–H groups in total. The van der Waals surface area contributed by atoms with E-state index in [9.17, 15) is 4.79 Å². The molecule has 0 radical (unpaired) electrons. The number of nitrogens with one attached hydrogen (secondary N) is 1. The van der Waals surface area contributed by atoms with Crippen molar-refractivity contribution in [3.63, 3.8) is 0 Å². The second-order valence-corrected chi connectivity index (χ2v) is 15.3. The Labute approximate surface area is 281 Å². The van der Waals surface area contributed by atoms with Crippen molar-refractivity contribution in [1.82, 2.24) is 15.1 Å². The number of carbonyl (C=O) groups excluding carboxylic acids is 2. The van der Waals surface area contributed by atoms with Crippen LogP contribution in [0, 0.1) is 5.92 Å². The number of hydrogen-bond acceptors (Lipinski definition) is 6. The van der Waals surface area contributed by atoms with Crippen LogP contribution >= 0.6 is 35.0 Å². The lowest BCUT2D eigenvalue weighted by Gasteiger charge is -2.46. The van der Waals surface area contributed by atoms with Gasteiger partial charge in [-0.3, -0.25) is 4.79 Å². The van der Waals surface area contributed by atoms with Gasteiger partial charge in [-0.05, 0) is 73.5 Å². The highest BCUT2D eigenvalue weighted by atomic mass is 35.5. The van der Waals surface area contributed by atoms with Crippen LogP contribution in [0.15, 0.2) is 64.1 Å². The molecule has 0 saturated carbocycles. The fourth-order valence-electron chi connectivity index (χ4n) is 8.56. The van der Waals surface area contributed by atoms with Crippen molar-refractivity contribution in [1.29, 1.82) is 0 Å². The Morgan fingerprint density at radius 1 is 1.07 bits per heavy atom. The van der Waals surface area contributed by atoms with Gasteiger partial charge in [-0.1, -0.05) is 68.2 Å². The molecule has 2 saturated heterocycles. The molecule has 0 spiro atoms. The Morgan fingerprint density at radius 3 is 2.27 bits per heavy atom. The third-order valence-corrected chi connectivity index (χ3v) is 12.2. The Hall–Kier alpha value is -2.36. The Morgan fingerprint density at radius 2 is 1.71 bits per heavy atom. The molecule has 6 atom stereocenters. The minimum atomic E-state index is -0.639. The van der Waals surface area contributed by atoms with Crippen molar-refractivity contribution in [3.8, 4) is 0 Å². The number of likely N-dealkylation sites (tertiary alicyclic amines) is 2. The minimum absolute atomic E-state index is 0.0317. The highest BCUT2D eigenvalue weighted by molar-refractivity contribution is 8.18. The highest BCUT2D eigenvalue weighted by Gasteiger charge is 2.64. The zero-order valence-electron chi connectivity index (χ0n) is 27.0. The fraction of sp³-hybridized carbons (Fsp3) is 0.514. The molecule has 4 heterocycles. The van der Waals surface area contributed by atoms with E-state index in [1.165, 1.54) is 11.8 Å². The molecule has 0 aliphatic carbocycles. The number of benzene rings is 2. The largest absolute Gasteiger partial charge is 0.355 e. The monoisotopic (exact) mass is 668 g/mol. The molecule has 4 aliphatic heterocycles. The number of amides is 2. The molecule has 2 fully saturated rings. The summed E-state index contributed by atoms with van der Waals surface area (Å²) in [5, 5.41) is 5.10. The first-order valence-electron chi connectivity index (χ1n) is 16.1. The quantitative estimate of drug-likeness (QED) is 0.323. The fourth-order valence-corrected chi connectivity index (χ4v) is 10.2. The summed E-state index contributed by atoms with van der Waals surface area (Å²) in [7, 11) is 3.82. The molecule has 6 rings (SSSR count). The van der Waals surface area contributed by atoms with Gasteiger partial charge >= 0.3 is 5.91 Å². The Bertz CT molecular complexity index is 1540. The summed E-state index contributed by atoms with van der Waals surface area (Å²) in [4.78, 5) is 40.0. The van der Waals surface area contributed by atoms with Gasteiger partial charge in [0, 0.05) is 48.6 Å². The van der Waals surface area contributed by atoms with E-state index in [0.717, 1.165) is 59.2 Å². The van der Waals surface area contributed by atoms with Crippen molar-refractivity contribution in [2.24, 2.45) is 10.9 Å². The maximum absolute atomic E-state index is 15.5. The molecule has 10 heteroatoms. The van der Waals surface area contributed by atoms with Crippen LogP contribution in [0.2, 0.25) is 10.0 Å². The lowest BCUT2D eigenvalue weighted by molar-refractivity contribution is -0.901. The number of likely N-dealkylation sites (N-methyl/N-ethyl adjacent to an activating group) is 2. The molecule has 7 nitrogen and oxygen atoms in total. The van der Waals surface area contributed by atoms with Crippen LogP contribution in [0.4, 0.5) is 0 Å². The van der Waals surface area contributed by atoms with Crippen LogP contribution in [0.3, 0.4) is 0 Å². The summed E-state index contributed by atoms with van der Waals surface area (Å²) < 4.78 is 0.209. The number of halogens is 2. The maximum atomic E-state index is 15.5. The van der Waals surface area contributed by atoms with Gasteiger partial charge in [-0.2, -0.15) is 0 Å². The zero-order valence-corrected chi connectivity index (χ0v) is 29.3. The van der Waals surface area contributed by atoms with E-state index in [1.54, 1.807) is 7.05 Å². The summed E-state index contributed by atoms with van der Waals surface area (Å²) in [6.07, 6.45) is 3.32. The summed E-state index contributed by atoms with van der Waals surface area (Å²) in [6, 6.07) is 15.4. The van der Waals surface area contributed by atoms with E-state index < -0.39 is 11.6 Å². The van der Waals surface area contributed by atoms with Gasteiger partial charge in [0.15, 0.2) is 11.2 Å². The van der Waals surface area contributed by atoms with Crippen molar-refractivity contribution in [2.75, 3.05) is 27.2 Å². The van der Waals surface area contributed by atoms with Crippen molar-refractivity contribution >= 4 is 51.9 Å². The second kappa shape index (κ2) is 12.3. The number of hydrogen-bond donors (Lipinski definition) is 1. The number of thioether (sulfide) groups is 1. The lowest BCUT2D eigenvalue weighted by atomic mass is 9.81. The van der Waals surface area contributed by atoms with Crippen LogP contribution in [-0.4, -0.2) is 76.6 Å². The van der Waals surface area contributed by atoms with Crippen LogP contribution in [0.25, 0.3) is 0 Å². The van der Waals surface area contributed by atoms with Crippen LogP contribution in [-0.2, 0) is 15.1 Å². The molecule has 2 aromatic rings. The van der Waals surface area contributed by atoms with Gasteiger partial charge in [0.1, 0.15) is 16.5 Å². The van der Waals surface area contributed by atoms with E-state index >= 15 is 4.79 Å². The van der Waals surface area contributed by atoms with Crippen LogP contribution < -0.4 is 5.32 Å². The average Bonchev–Trinajstić information content (AvgIpc) is 3.78. The van der Waals surface area contributed by atoms with E-state index in [4.69, 9.17) is 28.2 Å². The van der Waals surface area contributed by atoms with E-state index in [0.29, 0.717) is 16.5 Å². The lowest BCUT2D eigenvalue weighted by Crippen LogP contribution is -2.69. The van der Waals surface area contributed by atoms with Crippen molar-refractivity contribution in [2.45, 2.75) is 83.1 Å². The first kappa shape index (κ1) is 32.6. The number of fused-ring (bicyclic) bond motifs is 1. The third-order valence-electron chi connectivity index (χ3n) is 10.6. The van der Waals surface area contributed by atoms with E-state index in [2.05, 4.69) is 62.0 Å². The topological polar surface area (TPSA) is 65.0 Å². The standard InChI is InChI=1S/C35H43Cl2N5O2S/c1-7-26-16-17-28(32(43)38-5)42(26,27-18-19-40(6)20-27)33(44)30-29(21(2)3)41-31(22-8-12-24(36)13-9-22)35(4,39-34(41)45-30)23-10-14-25(37)15-11-23/h8-15,21,26-28,31H,7,16-20H2,1-6H3/p+1/t26?,27-,28-,31+,35-,42?/m0/s1. The number of amidine groups is 1. The minimum Gasteiger partial charge on any atom is -0.354 e. The third kappa shape index (κ3) is 5.16. The normalized spacial score (nSPS) is 31.6. The second-order valence-electron chi connectivity index (χ2n) is 13.5. The number of allylic oxidation sites excluding steroid dienone is 1. The van der Waals surface area contributed by atoms with E-state index in [-0.39, 0.29) is 40.3 Å². The van der Waals surface area contributed by atoms with Gasteiger partial charge in [0.2, 0.25) is 0 Å². The van der Waals surface area contributed by atoms with Gasteiger partial charge in [-0.15, -0.1) is 0 Å². The molecule has 0 bridgehead atoms. The van der Waals surface area contributed by atoms with Crippen LogP contribution in [0.5, 0.6) is 0 Å². The van der Waals surface area contributed by atoms with Gasteiger partial charge in [-0.25, -0.2) is 14.3 Å². The number of carbonyl (C=O) groups is 2. The van der Waals surface area contributed by atoms with Gasteiger partial charge < -0.3 is 15.1 Å². The summed E-state index contributed by atoms with van der Waals surface area (Å²) in [5.41, 5.74) is 2.47. The smallest absolute Gasteiger partial charge is 0.354 e. The summed E-state index contributed by atoms with van der Waals surface area (Å²) >= 11 is 14.2. The molecule has 2 unspecified atom stereocenters. The number of nitrogens with zero attached hydrogens (tertiary/aromatic N) is 4. The average molecular weight is 670 g/mol. The van der Waals surface area contributed by atoms with Crippen molar-refractivity contribution < 1.29 is 14.1 Å². The summed E-state index contributed by atoms with van der Waals surface area (Å²) in [5.74, 6) is 0.0943. The maximum Gasteiger partial charge on any atom is 0.355 e. The Balaban J connectivity index is 1.53. The zero-order chi connectivity index (χ0) is 32.3. The SMILES string of the molecule is CCC1CC[C@@H](C(=O)NC)[N+]1(C(=O)C1=C(C(C)C)N2C(=N[C@@](C)(c3ccc(Cl)cc3)[C@H]2c2ccc(Cl)cc2)S1)[C@H]1CCN(C)C1. The van der Waals surface area contributed by atoms with Gasteiger partial charge in [0.05, 0.1) is 18.6 Å². The Kier molecular flexibility index (Phi) is 8.94. The molecule has 240 valence electrons. The molecule has 45 heavy (non-hydrogen) atoms. The van der Waals surface area contributed by atoms with Crippen LogP contribution in [0.1, 0.15) is 70.5 Å². The first-order chi connectivity index (χ1) is 21.5. The van der Waals surface area contributed by atoms with E-state index in [1.807, 2.05) is 36.4 Å². The molecule has 2 aromatic carbocycles. The number of quaternary nitrogens is 1. The number of rotatable bonds is 7. The van der Waals surface area contributed by atoms with Gasteiger partial charge in [0.25, 0.3) is 5.91 Å². The number of aliphatic imine (C=N–C) groups is 1. The summed E-state index contributed by atoms with van der Waals surface area (Å²) in [6.45, 7) is 10.4. The predicted octanol–water partition coefficient (Wildman–Crippen LogP) is 6.97. The molecular weight excluding hydrogens is 625 g/mol. The molecule has 2 amide bonds.